The van der Waals surface area contributed by atoms with Gasteiger partial charge in [-0.3, -0.25) is 4.57 Å². The Kier molecular flexibility index (Phi) is 8.40. The van der Waals surface area contributed by atoms with Crippen LogP contribution in [0.4, 0.5) is 10.5 Å². The minimum absolute atomic E-state index is 0.376. The van der Waals surface area contributed by atoms with E-state index in [1.807, 2.05) is 29.7 Å². The molecule has 0 fully saturated rings. The number of benzene rings is 3. The summed E-state index contributed by atoms with van der Waals surface area (Å²) in [6.07, 6.45) is 0. The number of carbonyl (C=O) groups is 1. The molecule has 0 radical (unpaired) electrons. The molecule has 4 aromatic rings. The molecule has 0 aliphatic heterocycles. The molecule has 3 aromatic carbocycles. The lowest BCUT2D eigenvalue weighted by atomic mass is 10.1. The fourth-order valence-corrected chi connectivity index (χ4v) is 5.08. The summed E-state index contributed by atoms with van der Waals surface area (Å²) in [7, 11) is 1.59. The number of nitrogens with one attached hydrogen (secondary N) is 2. The van der Waals surface area contributed by atoms with E-state index in [-0.39, 0.29) is 6.03 Å². The van der Waals surface area contributed by atoms with Gasteiger partial charge in [-0.25, -0.2) is 4.79 Å². The first kappa shape index (κ1) is 25.9. The molecule has 0 aliphatic carbocycles. The molecule has 10 heteroatoms. The number of anilines is 1. The van der Waals surface area contributed by atoms with E-state index < -0.39 is 6.04 Å². The van der Waals surface area contributed by atoms with Crippen molar-refractivity contribution in [1.82, 2.24) is 20.1 Å². The van der Waals surface area contributed by atoms with Gasteiger partial charge in [-0.1, -0.05) is 59.2 Å². The van der Waals surface area contributed by atoms with Crippen LogP contribution in [0.1, 0.15) is 29.9 Å². The maximum atomic E-state index is 12.7. The second-order valence-corrected chi connectivity index (χ2v) is 9.82. The number of ether oxygens (including phenoxy) is 1. The number of halogens is 2. The highest BCUT2D eigenvalue weighted by atomic mass is 35.5. The number of aromatic nitrogens is 3. The molecular formula is C26H25Cl2N5O2S. The van der Waals surface area contributed by atoms with Gasteiger partial charge in [-0.2, -0.15) is 0 Å². The molecule has 0 spiro atoms. The van der Waals surface area contributed by atoms with Crippen molar-refractivity contribution in [1.29, 1.82) is 0 Å². The highest BCUT2D eigenvalue weighted by Gasteiger charge is 2.23. The Labute approximate surface area is 224 Å². The van der Waals surface area contributed by atoms with Crippen molar-refractivity contribution in [2.75, 3.05) is 12.4 Å². The quantitative estimate of drug-likeness (QED) is 0.233. The molecule has 0 aliphatic rings. The fraction of sp³-hybridized carbons (Fsp3) is 0.192. The summed E-state index contributed by atoms with van der Waals surface area (Å²) in [5.41, 5.74) is 3.71. The average molecular weight is 542 g/mol. The molecule has 0 saturated carbocycles. The highest BCUT2D eigenvalue weighted by Crippen LogP contribution is 2.32. The maximum absolute atomic E-state index is 12.7. The van der Waals surface area contributed by atoms with E-state index in [4.69, 9.17) is 27.9 Å². The lowest BCUT2D eigenvalue weighted by Gasteiger charge is -2.18. The predicted octanol–water partition coefficient (Wildman–Crippen LogP) is 7.07. The minimum Gasteiger partial charge on any atom is -0.497 e. The maximum Gasteiger partial charge on any atom is 0.319 e. The molecular weight excluding hydrogens is 517 g/mol. The molecule has 0 saturated heterocycles. The molecule has 36 heavy (non-hydrogen) atoms. The second kappa shape index (κ2) is 11.7. The molecule has 2 N–H and O–H groups in total. The van der Waals surface area contributed by atoms with Gasteiger partial charge in [-0.05, 0) is 67.4 Å². The molecule has 4 rings (SSSR count). The Hall–Kier alpha value is -3.20. The van der Waals surface area contributed by atoms with E-state index in [1.54, 1.807) is 55.3 Å². The summed E-state index contributed by atoms with van der Waals surface area (Å²) < 4.78 is 7.02. The van der Waals surface area contributed by atoms with Crippen LogP contribution in [0.3, 0.4) is 0 Å². The van der Waals surface area contributed by atoms with Crippen LogP contribution in [0.15, 0.2) is 71.9 Å². The molecule has 1 unspecified atom stereocenters. The first-order valence-corrected chi connectivity index (χ1v) is 12.9. The van der Waals surface area contributed by atoms with E-state index in [0.717, 1.165) is 0 Å². The topological polar surface area (TPSA) is 81.1 Å². The lowest BCUT2D eigenvalue weighted by molar-refractivity contribution is 0.249. The highest BCUT2D eigenvalue weighted by molar-refractivity contribution is 7.98. The number of hydrogen-bond acceptors (Lipinski definition) is 5. The summed E-state index contributed by atoms with van der Waals surface area (Å²) in [6.45, 7) is 3.92. The smallest absolute Gasteiger partial charge is 0.319 e. The summed E-state index contributed by atoms with van der Waals surface area (Å²) in [5, 5.41) is 16.2. The number of hydrogen-bond donors (Lipinski definition) is 2. The summed E-state index contributed by atoms with van der Waals surface area (Å²) in [6, 6.07) is 19.7. The number of methoxy groups -OCH3 is 1. The van der Waals surface area contributed by atoms with Gasteiger partial charge in [0.2, 0.25) is 0 Å². The number of urea groups is 1. The Morgan fingerprint density at radius 2 is 1.83 bits per heavy atom. The third kappa shape index (κ3) is 6.13. The van der Waals surface area contributed by atoms with Crippen LogP contribution >= 0.6 is 35.0 Å². The lowest BCUT2D eigenvalue weighted by Crippen LogP contribution is -2.32. The average Bonchev–Trinajstić information content (AvgIpc) is 3.28. The zero-order valence-corrected chi connectivity index (χ0v) is 22.3. The number of aryl methyl sites for hydroxylation is 1. The van der Waals surface area contributed by atoms with Gasteiger partial charge in [0.05, 0.1) is 23.9 Å². The number of thioether (sulfide) groups is 1. The zero-order valence-electron chi connectivity index (χ0n) is 20.0. The largest absolute Gasteiger partial charge is 0.497 e. The van der Waals surface area contributed by atoms with Crippen LogP contribution in [-0.4, -0.2) is 27.9 Å². The van der Waals surface area contributed by atoms with E-state index in [2.05, 4.69) is 39.9 Å². The van der Waals surface area contributed by atoms with Gasteiger partial charge in [0.1, 0.15) is 5.75 Å². The summed E-state index contributed by atoms with van der Waals surface area (Å²) in [5.74, 6) is 1.95. The molecule has 1 heterocycles. The number of carbonyl (C=O) groups excluding carboxylic acids is 1. The van der Waals surface area contributed by atoms with Gasteiger partial charge in [-0.15, -0.1) is 10.2 Å². The van der Waals surface area contributed by atoms with Gasteiger partial charge >= 0.3 is 6.03 Å². The van der Waals surface area contributed by atoms with Crippen LogP contribution < -0.4 is 15.4 Å². The van der Waals surface area contributed by atoms with Crippen LogP contribution in [0.5, 0.6) is 5.75 Å². The van der Waals surface area contributed by atoms with Gasteiger partial charge < -0.3 is 15.4 Å². The van der Waals surface area contributed by atoms with Crippen LogP contribution in [0.2, 0.25) is 10.0 Å². The Morgan fingerprint density at radius 3 is 2.53 bits per heavy atom. The van der Waals surface area contributed by atoms with Crippen LogP contribution in [0.25, 0.3) is 5.69 Å². The number of rotatable bonds is 8. The summed E-state index contributed by atoms with van der Waals surface area (Å²) >= 11 is 14.3. The van der Waals surface area contributed by atoms with E-state index >= 15 is 0 Å². The van der Waals surface area contributed by atoms with E-state index in [0.29, 0.717) is 43.9 Å². The standard InChI is InChI=1S/C26H25Cl2N5O2S/c1-16-6-4-5-7-18(16)15-36-26-32-31-24(33(26)23-13-8-19(27)14-22(23)28)17(2)29-25(34)30-20-9-11-21(35-3)12-10-20/h4-14,17H,15H2,1-3H3,(H2,29,30,34). The molecule has 0 bridgehead atoms. The van der Waals surface area contributed by atoms with Gasteiger partial charge in [0, 0.05) is 16.5 Å². The third-order valence-electron chi connectivity index (χ3n) is 5.51. The predicted molar refractivity (Wildman–Crippen MR) is 146 cm³/mol. The van der Waals surface area contributed by atoms with E-state index in [1.165, 1.54) is 11.1 Å². The normalized spacial score (nSPS) is 11.7. The first-order chi connectivity index (χ1) is 17.4. The Morgan fingerprint density at radius 1 is 1.08 bits per heavy atom. The van der Waals surface area contributed by atoms with Crippen molar-refractivity contribution in [3.05, 3.63) is 93.7 Å². The molecule has 1 atom stereocenters. The number of amides is 2. The minimum atomic E-state index is -0.477. The van der Waals surface area contributed by atoms with Crippen molar-refractivity contribution < 1.29 is 9.53 Å². The van der Waals surface area contributed by atoms with Crippen molar-refractivity contribution in [2.45, 2.75) is 30.8 Å². The second-order valence-electron chi connectivity index (χ2n) is 8.04. The molecule has 186 valence electrons. The SMILES string of the molecule is COc1ccc(NC(=O)NC(C)c2nnc(SCc3ccccc3C)n2-c2ccc(Cl)cc2Cl)cc1. The first-order valence-electron chi connectivity index (χ1n) is 11.2. The monoisotopic (exact) mass is 541 g/mol. The third-order valence-corrected chi connectivity index (χ3v) is 7.03. The molecule has 1 aromatic heterocycles. The van der Waals surface area contributed by atoms with Crippen molar-refractivity contribution in [3.8, 4) is 11.4 Å². The van der Waals surface area contributed by atoms with Gasteiger partial charge in [0.15, 0.2) is 11.0 Å². The zero-order chi connectivity index (χ0) is 25.7. The number of nitrogens with zero attached hydrogens (tertiary/aromatic N) is 3. The molecule has 2 amide bonds. The molecule has 7 nitrogen and oxygen atoms in total. The fourth-order valence-electron chi connectivity index (χ4n) is 3.56. The van der Waals surface area contributed by atoms with Crippen LogP contribution in [0, 0.1) is 6.92 Å². The van der Waals surface area contributed by atoms with Gasteiger partial charge in [0.25, 0.3) is 0 Å². The van der Waals surface area contributed by atoms with Crippen molar-refractivity contribution in [2.24, 2.45) is 0 Å². The van der Waals surface area contributed by atoms with Crippen LogP contribution in [-0.2, 0) is 5.75 Å². The van der Waals surface area contributed by atoms with E-state index in [9.17, 15) is 4.79 Å². The Balaban J connectivity index is 1.59. The Bertz CT molecular complexity index is 1360. The van der Waals surface area contributed by atoms with Crippen molar-refractivity contribution in [3.63, 3.8) is 0 Å². The summed E-state index contributed by atoms with van der Waals surface area (Å²) in [4.78, 5) is 12.7. The van der Waals surface area contributed by atoms with Crippen molar-refractivity contribution >= 4 is 46.7 Å².